The van der Waals surface area contributed by atoms with Gasteiger partial charge in [0.2, 0.25) is 0 Å². The minimum atomic E-state index is 0.707. The Kier molecular flexibility index (Phi) is 5.67. The van der Waals surface area contributed by atoms with E-state index >= 15 is 0 Å². The van der Waals surface area contributed by atoms with Crippen molar-refractivity contribution in [1.82, 2.24) is 9.88 Å². The van der Waals surface area contributed by atoms with E-state index in [2.05, 4.69) is 11.0 Å². The van der Waals surface area contributed by atoms with Crippen LogP contribution in [-0.4, -0.2) is 50.4 Å². The van der Waals surface area contributed by atoms with Crippen LogP contribution in [-0.2, 0) is 11.3 Å². The smallest absolute Gasteiger partial charge is 0.145 e. The van der Waals surface area contributed by atoms with Gasteiger partial charge in [0.1, 0.15) is 17.0 Å². The summed E-state index contributed by atoms with van der Waals surface area (Å²) in [5.74, 6) is 1.51. The third-order valence-electron chi connectivity index (χ3n) is 5.04. The van der Waals surface area contributed by atoms with E-state index in [9.17, 15) is 0 Å². The fraction of sp³-hybridized carbons (Fsp3) is 0.318. The van der Waals surface area contributed by atoms with Crippen LogP contribution < -0.4 is 9.47 Å². The number of aromatic nitrogens is 1. The average Bonchev–Trinajstić information content (AvgIpc) is 2.74. The Morgan fingerprint density at radius 3 is 2.36 bits per heavy atom. The molecule has 1 aromatic heterocycles. The second-order valence-corrected chi connectivity index (χ2v) is 7.19. The molecule has 1 aliphatic rings. The highest BCUT2D eigenvalue weighted by Gasteiger charge is 2.18. The zero-order chi connectivity index (χ0) is 19.5. The molecular weight excluding hydrogens is 376 g/mol. The Bertz CT molecular complexity index is 970. The average molecular weight is 399 g/mol. The van der Waals surface area contributed by atoms with E-state index < -0.39 is 0 Å². The molecule has 0 N–H and O–H groups in total. The molecule has 0 aliphatic carbocycles. The molecule has 5 nitrogen and oxygen atoms in total. The van der Waals surface area contributed by atoms with Gasteiger partial charge in [0.25, 0.3) is 0 Å². The molecule has 146 valence electrons. The molecule has 0 saturated carbocycles. The van der Waals surface area contributed by atoms with Crippen LogP contribution in [0.1, 0.15) is 5.56 Å². The molecule has 6 heteroatoms. The summed E-state index contributed by atoms with van der Waals surface area (Å²) in [7, 11) is 3.34. The summed E-state index contributed by atoms with van der Waals surface area (Å²) in [6, 6.07) is 13.8. The van der Waals surface area contributed by atoms with Crippen LogP contribution in [0.4, 0.5) is 0 Å². The quantitative estimate of drug-likeness (QED) is 0.637. The third-order valence-corrected chi connectivity index (χ3v) is 5.29. The molecule has 0 unspecified atom stereocenters. The van der Waals surface area contributed by atoms with E-state index in [0.29, 0.717) is 5.02 Å². The Balaban J connectivity index is 1.89. The normalized spacial score (nSPS) is 15.0. The van der Waals surface area contributed by atoms with Gasteiger partial charge in [-0.25, -0.2) is 4.98 Å². The van der Waals surface area contributed by atoms with Gasteiger partial charge in [0.15, 0.2) is 0 Å². The number of ether oxygens (including phenoxy) is 3. The monoisotopic (exact) mass is 398 g/mol. The van der Waals surface area contributed by atoms with Gasteiger partial charge in [-0.1, -0.05) is 23.7 Å². The highest BCUT2D eigenvalue weighted by Crippen LogP contribution is 2.36. The van der Waals surface area contributed by atoms with Gasteiger partial charge >= 0.3 is 0 Å². The number of hydrogen-bond donors (Lipinski definition) is 0. The molecule has 0 atom stereocenters. The number of methoxy groups -OCH3 is 2. The van der Waals surface area contributed by atoms with Gasteiger partial charge in [0, 0.05) is 35.6 Å². The fourth-order valence-corrected chi connectivity index (χ4v) is 3.70. The topological polar surface area (TPSA) is 43.8 Å². The SMILES string of the molecule is COc1ccc(OC)c2nc(-c3ccc(Cl)cc3)c(CN3CCOCC3)cc12. The molecule has 4 rings (SSSR count). The number of halogens is 1. The van der Waals surface area contributed by atoms with Gasteiger partial charge in [-0.2, -0.15) is 0 Å². The molecule has 0 amide bonds. The zero-order valence-electron chi connectivity index (χ0n) is 16.1. The molecule has 1 saturated heterocycles. The van der Waals surface area contributed by atoms with Crippen LogP contribution >= 0.6 is 11.6 Å². The minimum absolute atomic E-state index is 0.707. The van der Waals surface area contributed by atoms with E-state index in [1.807, 2.05) is 36.4 Å². The zero-order valence-corrected chi connectivity index (χ0v) is 16.8. The second-order valence-electron chi connectivity index (χ2n) is 6.76. The molecule has 3 aromatic rings. The lowest BCUT2D eigenvalue weighted by molar-refractivity contribution is 0.0342. The van der Waals surface area contributed by atoms with E-state index in [1.54, 1.807) is 14.2 Å². The first-order chi connectivity index (χ1) is 13.7. The molecule has 1 fully saturated rings. The van der Waals surface area contributed by atoms with Crippen molar-refractivity contribution in [3.8, 4) is 22.8 Å². The summed E-state index contributed by atoms with van der Waals surface area (Å²) >= 11 is 6.10. The Hall–Kier alpha value is -2.34. The van der Waals surface area contributed by atoms with Crippen molar-refractivity contribution in [3.05, 3.63) is 53.1 Å². The molecule has 1 aliphatic heterocycles. The number of benzene rings is 2. The van der Waals surface area contributed by atoms with Gasteiger partial charge in [-0.05, 0) is 35.9 Å². The molecule has 2 aromatic carbocycles. The van der Waals surface area contributed by atoms with Crippen LogP contribution in [0.2, 0.25) is 5.02 Å². The first-order valence-corrected chi connectivity index (χ1v) is 9.68. The first kappa shape index (κ1) is 19.0. The summed E-state index contributed by atoms with van der Waals surface area (Å²) in [6.07, 6.45) is 0. The van der Waals surface area contributed by atoms with Gasteiger partial charge in [-0.3, -0.25) is 4.90 Å². The van der Waals surface area contributed by atoms with Crippen molar-refractivity contribution in [1.29, 1.82) is 0 Å². The van der Waals surface area contributed by atoms with Crippen molar-refractivity contribution in [2.75, 3.05) is 40.5 Å². The third kappa shape index (κ3) is 3.78. The lowest BCUT2D eigenvalue weighted by Gasteiger charge is -2.27. The number of nitrogens with zero attached hydrogens (tertiary/aromatic N) is 2. The van der Waals surface area contributed by atoms with Crippen LogP contribution in [0.5, 0.6) is 11.5 Å². The van der Waals surface area contributed by atoms with E-state index in [-0.39, 0.29) is 0 Å². The van der Waals surface area contributed by atoms with E-state index in [0.717, 1.165) is 72.1 Å². The Labute approximate surface area is 169 Å². The number of pyridine rings is 1. The maximum absolute atomic E-state index is 6.10. The molecule has 0 bridgehead atoms. The molecule has 0 spiro atoms. The van der Waals surface area contributed by atoms with Crippen molar-refractivity contribution in [2.24, 2.45) is 0 Å². The van der Waals surface area contributed by atoms with Crippen LogP contribution in [0.15, 0.2) is 42.5 Å². The number of morpholine rings is 1. The van der Waals surface area contributed by atoms with E-state index in [4.69, 9.17) is 30.8 Å². The Morgan fingerprint density at radius 1 is 1.00 bits per heavy atom. The molecule has 2 heterocycles. The van der Waals surface area contributed by atoms with Gasteiger partial charge in [0.05, 0.1) is 33.1 Å². The summed E-state index contributed by atoms with van der Waals surface area (Å²) in [5.41, 5.74) is 3.89. The summed E-state index contributed by atoms with van der Waals surface area (Å²) in [6.45, 7) is 4.13. The molecule has 0 radical (unpaired) electrons. The Morgan fingerprint density at radius 2 is 1.68 bits per heavy atom. The van der Waals surface area contributed by atoms with Gasteiger partial charge < -0.3 is 14.2 Å². The maximum Gasteiger partial charge on any atom is 0.145 e. The van der Waals surface area contributed by atoms with Crippen molar-refractivity contribution < 1.29 is 14.2 Å². The number of rotatable bonds is 5. The fourth-order valence-electron chi connectivity index (χ4n) is 3.57. The lowest BCUT2D eigenvalue weighted by atomic mass is 10.0. The van der Waals surface area contributed by atoms with Crippen molar-refractivity contribution in [3.63, 3.8) is 0 Å². The maximum atomic E-state index is 6.10. The second kappa shape index (κ2) is 8.35. The van der Waals surface area contributed by atoms with E-state index in [1.165, 1.54) is 0 Å². The van der Waals surface area contributed by atoms with Crippen LogP contribution in [0, 0.1) is 0 Å². The van der Waals surface area contributed by atoms with Gasteiger partial charge in [-0.15, -0.1) is 0 Å². The van der Waals surface area contributed by atoms with Crippen molar-refractivity contribution in [2.45, 2.75) is 6.54 Å². The summed E-state index contributed by atoms with van der Waals surface area (Å²) in [4.78, 5) is 7.40. The van der Waals surface area contributed by atoms with Crippen LogP contribution in [0.3, 0.4) is 0 Å². The predicted molar refractivity (Wildman–Crippen MR) is 111 cm³/mol. The largest absolute Gasteiger partial charge is 0.496 e. The minimum Gasteiger partial charge on any atom is -0.496 e. The predicted octanol–water partition coefficient (Wildman–Crippen LogP) is 4.40. The first-order valence-electron chi connectivity index (χ1n) is 9.30. The van der Waals surface area contributed by atoms with Crippen LogP contribution in [0.25, 0.3) is 22.2 Å². The number of hydrogen-bond acceptors (Lipinski definition) is 5. The number of fused-ring (bicyclic) bond motifs is 1. The highest BCUT2D eigenvalue weighted by atomic mass is 35.5. The lowest BCUT2D eigenvalue weighted by Crippen LogP contribution is -2.35. The highest BCUT2D eigenvalue weighted by molar-refractivity contribution is 6.30. The molecular formula is C22H23ClN2O3. The summed E-state index contributed by atoms with van der Waals surface area (Å²) < 4.78 is 16.6. The molecule has 28 heavy (non-hydrogen) atoms. The summed E-state index contributed by atoms with van der Waals surface area (Å²) in [5, 5.41) is 1.65. The van der Waals surface area contributed by atoms with Crippen molar-refractivity contribution >= 4 is 22.5 Å². The standard InChI is InChI=1S/C22H23ClN2O3/c1-26-19-7-8-20(27-2)22-18(19)13-16(14-25-9-11-28-12-10-25)21(24-22)15-3-5-17(23)6-4-15/h3-8,13H,9-12,14H2,1-2H3.